The van der Waals surface area contributed by atoms with Gasteiger partial charge in [0.15, 0.2) is 5.82 Å². The van der Waals surface area contributed by atoms with Gasteiger partial charge in [0, 0.05) is 18.4 Å². The van der Waals surface area contributed by atoms with Crippen molar-refractivity contribution in [3.63, 3.8) is 0 Å². The first-order valence-electron chi connectivity index (χ1n) is 7.72. The minimum absolute atomic E-state index is 0.305. The summed E-state index contributed by atoms with van der Waals surface area (Å²) >= 11 is 0. The van der Waals surface area contributed by atoms with Gasteiger partial charge in [-0.1, -0.05) is 25.1 Å². The SMILES string of the molecule is CC[C@H](c1ccncc1)N(C)Cc1nnnn1-c1ccccc1. The van der Waals surface area contributed by atoms with Crippen molar-refractivity contribution < 1.29 is 0 Å². The number of hydrogen-bond acceptors (Lipinski definition) is 5. The normalized spacial score (nSPS) is 12.5. The summed E-state index contributed by atoms with van der Waals surface area (Å²) in [4.78, 5) is 6.36. The van der Waals surface area contributed by atoms with E-state index in [-0.39, 0.29) is 0 Å². The van der Waals surface area contributed by atoms with Crippen LogP contribution < -0.4 is 0 Å². The fourth-order valence-electron chi connectivity index (χ4n) is 2.79. The third kappa shape index (κ3) is 3.43. The number of rotatable bonds is 6. The zero-order valence-electron chi connectivity index (χ0n) is 13.4. The van der Waals surface area contributed by atoms with Crippen LogP contribution in [0.1, 0.15) is 30.8 Å². The van der Waals surface area contributed by atoms with E-state index in [2.05, 4.69) is 51.5 Å². The van der Waals surface area contributed by atoms with Crippen LogP contribution in [0.15, 0.2) is 54.9 Å². The van der Waals surface area contributed by atoms with Gasteiger partial charge in [-0.25, -0.2) is 0 Å². The zero-order chi connectivity index (χ0) is 16.1. The maximum atomic E-state index is 4.19. The second kappa shape index (κ2) is 7.11. The van der Waals surface area contributed by atoms with Crippen LogP contribution in [0.5, 0.6) is 0 Å². The van der Waals surface area contributed by atoms with E-state index >= 15 is 0 Å². The van der Waals surface area contributed by atoms with Gasteiger partial charge in [0.25, 0.3) is 0 Å². The molecule has 0 fully saturated rings. The predicted octanol–water partition coefficient (Wildman–Crippen LogP) is 2.64. The maximum absolute atomic E-state index is 4.19. The van der Waals surface area contributed by atoms with Crippen molar-refractivity contribution in [3.8, 4) is 5.69 Å². The molecular weight excluding hydrogens is 288 g/mol. The van der Waals surface area contributed by atoms with Gasteiger partial charge in [0.2, 0.25) is 0 Å². The highest BCUT2D eigenvalue weighted by atomic mass is 15.5. The molecule has 0 aliphatic carbocycles. The molecule has 3 aromatic rings. The number of pyridine rings is 1. The lowest BCUT2D eigenvalue weighted by atomic mass is 10.0. The fraction of sp³-hybridized carbons (Fsp3) is 0.294. The smallest absolute Gasteiger partial charge is 0.170 e. The Labute approximate surface area is 135 Å². The molecule has 1 aromatic carbocycles. The maximum Gasteiger partial charge on any atom is 0.170 e. The van der Waals surface area contributed by atoms with Crippen molar-refractivity contribution in [1.29, 1.82) is 0 Å². The average molecular weight is 308 g/mol. The molecule has 0 amide bonds. The molecule has 0 radical (unpaired) electrons. The Morgan fingerprint density at radius 3 is 2.52 bits per heavy atom. The monoisotopic (exact) mass is 308 g/mol. The van der Waals surface area contributed by atoms with E-state index in [1.54, 1.807) is 4.68 Å². The highest BCUT2D eigenvalue weighted by molar-refractivity contribution is 5.30. The van der Waals surface area contributed by atoms with Gasteiger partial charge in [-0.05, 0) is 53.7 Å². The Morgan fingerprint density at radius 1 is 1.09 bits per heavy atom. The lowest BCUT2D eigenvalue weighted by Gasteiger charge is -2.26. The van der Waals surface area contributed by atoms with E-state index in [4.69, 9.17) is 0 Å². The molecule has 6 heteroatoms. The first-order chi connectivity index (χ1) is 11.3. The van der Waals surface area contributed by atoms with Crippen molar-refractivity contribution >= 4 is 0 Å². The van der Waals surface area contributed by atoms with E-state index in [0.717, 1.165) is 17.9 Å². The fourth-order valence-corrected chi connectivity index (χ4v) is 2.79. The van der Waals surface area contributed by atoms with Crippen LogP contribution >= 0.6 is 0 Å². The van der Waals surface area contributed by atoms with E-state index in [0.29, 0.717) is 12.6 Å². The number of tetrazole rings is 1. The Morgan fingerprint density at radius 2 is 1.83 bits per heavy atom. The summed E-state index contributed by atoms with van der Waals surface area (Å²) in [7, 11) is 2.10. The Bertz CT molecular complexity index is 725. The first kappa shape index (κ1) is 15.3. The molecule has 0 saturated carbocycles. The number of aromatic nitrogens is 5. The number of benzene rings is 1. The second-order valence-electron chi connectivity index (χ2n) is 5.46. The molecule has 2 aromatic heterocycles. The first-order valence-corrected chi connectivity index (χ1v) is 7.72. The largest absolute Gasteiger partial charge is 0.292 e. The lowest BCUT2D eigenvalue weighted by molar-refractivity contribution is 0.223. The molecule has 23 heavy (non-hydrogen) atoms. The minimum atomic E-state index is 0.305. The van der Waals surface area contributed by atoms with Crippen LogP contribution in [0.2, 0.25) is 0 Å². The van der Waals surface area contributed by atoms with Crippen LogP contribution in [0.3, 0.4) is 0 Å². The van der Waals surface area contributed by atoms with Crippen molar-refractivity contribution in [1.82, 2.24) is 30.1 Å². The summed E-state index contributed by atoms with van der Waals surface area (Å²) in [6.07, 6.45) is 4.67. The van der Waals surface area contributed by atoms with Crippen LogP contribution in [0.25, 0.3) is 5.69 Å². The minimum Gasteiger partial charge on any atom is -0.292 e. The summed E-state index contributed by atoms with van der Waals surface area (Å²) in [5, 5.41) is 12.1. The van der Waals surface area contributed by atoms with Gasteiger partial charge in [-0.15, -0.1) is 5.10 Å². The summed E-state index contributed by atoms with van der Waals surface area (Å²) in [6.45, 7) is 2.85. The third-order valence-electron chi connectivity index (χ3n) is 3.94. The summed E-state index contributed by atoms with van der Waals surface area (Å²) in [5.74, 6) is 0.825. The number of nitrogens with zero attached hydrogens (tertiary/aromatic N) is 6. The van der Waals surface area contributed by atoms with E-state index in [1.807, 2.05) is 42.7 Å². The molecule has 118 valence electrons. The third-order valence-corrected chi connectivity index (χ3v) is 3.94. The predicted molar refractivity (Wildman–Crippen MR) is 87.9 cm³/mol. The Kier molecular flexibility index (Phi) is 4.73. The number of para-hydroxylation sites is 1. The highest BCUT2D eigenvalue weighted by Crippen LogP contribution is 2.23. The van der Waals surface area contributed by atoms with Crippen LogP contribution in [-0.4, -0.2) is 37.1 Å². The molecule has 0 N–H and O–H groups in total. The number of hydrogen-bond donors (Lipinski definition) is 0. The molecule has 0 bridgehead atoms. The molecule has 1 atom stereocenters. The molecule has 3 rings (SSSR count). The van der Waals surface area contributed by atoms with E-state index in [9.17, 15) is 0 Å². The lowest BCUT2D eigenvalue weighted by Crippen LogP contribution is -2.25. The molecule has 0 saturated heterocycles. The molecule has 0 aliphatic heterocycles. The Hall–Kier alpha value is -2.60. The highest BCUT2D eigenvalue weighted by Gasteiger charge is 2.18. The van der Waals surface area contributed by atoms with Crippen LogP contribution in [0.4, 0.5) is 0 Å². The van der Waals surface area contributed by atoms with Crippen LogP contribution in [0, 0.1) is 0 Å². The van der Waals surface area contributed by atoms with Gasteiger partial charge in [-0.2, -0.15) is 4.68 Å². The molecule has 2 heterocycles. The van der Waals surface area contributed by atoms with Crippen LogP contribution in [-0.2, 0) is 6.54 Å². The summed E-state index contributed by atoms with van der Waals surface area (Å²) < 4.78 is 1.79. The van der Waals surface area contributed by atoms with Gasteiger partial charge in [-0.3, -0.25) is 9.88 Å². The van der Waals surface area contributed by atoms with Gasteiger partial charge >= 0.3 is 0 Å². The average Bonchev–Trinajstić information content (AvgIpc) is 3.05. The van der Waals surface area contributed by atoms with Gasteiger partial charge in [0.05, 0.1) is 12.2 Å². The van der Waals surface area contributed by atoms with Gasteiger partial charge in [0.1, 0.15) is 0 Å². The van der Waals surface area contributed by atoms with Crippen molar-refractivity contribution in [2.24, 2.45) is 0 Å². The quantitative estimate of drug-likeness (QED) is 0.700. The van der Waals surface area contributed by atoms with Crippen molar-refractivity contribution in [2.45, 2.75) is 25.9 Å². The Balaban J connectivity index is 1.81. The summed E-state index contributed by atoms with van der Waals surface area (Å²) in [5.41, 5.74) is 2.22. The zero-order valence-corrected chi connectivity index (χ0v) is 13.4. The molecule has 0 unspecified atom stereocenters. The standard InChI is InChI=1S/C17H20N6/c1-3-16(14-9-11-18-12-10-14)22(2)13-17-19-20-21-23(17)15-7-5-4-6-8-15/h4-12,16H,3,13H2,1-2H3/t16-/m1/s1. The summed E-state index contributed by atoms with van der Waals surface area (Å²) in [6, 6.07) is 14.4. The molecular formula is C17H20N6. The van der Waals surface area contributed by atoms with E-state index < -0.39 is 0 Å². The van der Waals surface area contributed by atoms with Gasteiger partial charge < -0.3 is 0 Å². The van der Waals surface area contributed by atoms with Crippen molar-refractivity contribution in [3.05, 3.63) is 66.2 Å². The van der Waals surface area contributed by atoms with Crippen molar-refractivity contribution in [2.75, 3.05) is 7.05 Å². The molecule has 0 aliphatic rings. The second-order valence-corrected chi connectivity index (χ2v) is 5.46. The molecule has 6 nitrogen and oxygen atoms in total. The molecule has 0 spiro atoms. The van der Waals surface area contributed by atoms with E-state index in [1.165, 1.54) is 5.56 Å². The topological polar surface area (TPSA) is 59.7 Å².